The van der Waals surface area contributed by atoms with Crippen molar-refractivity contribution in [1.82, 2.24) is 4.90 Å². The van der Waals surface area contributed by atoms with Crippen molar-refractivity contribution in [2.24, 2.45) is 0 Å². The summed E-state index contributed by atoms with van der Waals surface area (Å²) in [5.41, 5.74) is 1.80. The van der Waals surface area contributed by atoms with E-state index >= 15 is 0 Å². The molecule has 1 aliphatic heterocycles. The van der Waals surface area contributed by atoms with Crippen LogP contribution in [0.1, 0.15) is 28.8 Å². The van der Waals surface area contributed by atoms with Gasteiger partial charge in [-0.3, -0.25) is 10.1 Å². The normalized spacial score (nSPS) is 16.3. The van der Waals surface area contributed by atoms with E-state index in [1.165, 1.54) is 0 Å². The summed E-state index contributed by atoms with van der Waals surface area (Å²) in [6.07, 6.45) is 4.64. The molecule has 0 radical (unpaired) electrons. The summed E-state index contributed by atoms with van der Waals surface area (Å²) in [5, 5.41) is 12.1. The monoisotopic (exact) mass is 380 g/mol. The maximum atomic E-state index is 12.8. The van der Waals surface area contributed by atoms with Crippen LogP contribution in [-0.2, 0) is 4.74 Å². The van der Waals surface area contributed by atoms with Crippen molar-refractivity contribution in [2.45, 2.75) is 18.9 Å². The first-order chi connectivity index (χ1) is 13.7. The average Bonchev–Trinajstić information content (AvgIpc) is 3.21. The van der Waals surface area contributed by atoms with Crippen LogP contribution in [0.15, 0.2) is 60.7 Å². The number of nitrogens with one attached hydrogen (secondary N) is 1. The summed E-state index contributed by atoms with van der Waals surface area (Å²) in [7, 11) is 0. The van der Waals surface area contributed by atoms with Gasteiger partial charge in [0.2, 0.25) is 0 Å². The number of aliphatic hydroxyl groups is 1. The number of likely N-dealkylation sites (tertiary alicyclic amines) is 1. The summed E-state index contributed by atoms with van der Waals surface area (Å²) < 4.78 is 5.17. The second kappa shape index (κ2) is 9.71. The van der Waals surface area contributed by atoms with Crippen molar-refractivity contribution < 1.29 is 19.4 Å². The Hall–Kier alpha value is -3.12. The number of hydrogen-bond acceptors (Lipinski definition) is 4. The van der Waals surface area contributed by atoms with Crippen molar-refractivity contribution >= 4 is 23.8 Å². The standard InChI is InChI=1S/C22H24N2O4/c25-16-18-11-6-14-24(18)21(26)19-12-4-5-13-20(19)23-22(27)28-15-7-10-17-8-2-1-3-9-17/h1-5,7-10,12-13,18,25H,6,11,14-16H2,(H,23,27)/b10-7+. The second-order valence-electron chi connectivity index (χ2n) is 6.56. The summed E-state index contributed by atoms with van der Waals surface area (Å²) in [5.74, 6) is -0.198. The van der Waals surface area contributed by atoms with E-state index in [2.05, 4.69) is 5.32 Å². The first-order valence-corrected chi connectivity index (χ1v) is 9.35. The molecule has 6 heteroatoms. The Balaban J connectivity index is 1.59. The Morgan fingerprint density at radius 1 is 1.14 bits per heavy atom. The molecule has 2 aromatic rings. The van der Waals surface area contributed by atoms with Crippen LogP contribution < -0.4 is 5.32 Å². The van der Waals surface area contributed by atoms with Crippen LogP contribution in [-0.4, -0.2) is 47.8 Å². The van der Waals surface area contributed by atoms with Crippen LogP contribution in [0, 0.1) is 0 Å². The number of amides is 2. The molecule has 6 nitrogen and oxygen atoms in total. The number of para-hydroxylation sites is 1. The second-order valence-corrected chi connectivity index (χ2v) is 6.56. The first-order valence-electron chi connectivity index (χ1n) is 9.35. The average molecular weight is 380 g/mol. The van der Waals surface area contributed by atoms with Gasteiger partial charge in [-0.15, -0.1) is 0 Å². The maximum absolute atomic E-state index is 12.8. The van der Waals surface area contributed by atoms with Crippen LogP contribution in [0.4, 0.5) is 10.5 Å². The van der Waals surface area contributed by atoms with Crippen LogP contribution in [0.25, 0.3) is 6.08 Å². The zero-order valence-electron chi connectivity index (χ0n) is 15.6. The largest absolute Gasteiger partial charge is 0.445 e. The fourth-order valence-electron chi connectivity index (χ4n) is 3.24. The van der Waals surface area contributed by atoms with Crippen molar-refractivity contribution in [3.63, 3.8) is 0 Å². The van der Waals surface area contributed by atoms with Gasteiger partial charge in [0.05, 0.1) is 23.9 Å². The third kappa shape index (κ3) is 4.98. The van der Waals surface area contributed by atoms with E-state index in [-0.39, 0.29) is 25.2 Å². The topological polar surface area (TPSA) is 78.9 Å². The lowest BCUT2D eigenvalue weighted by Gasteiger charge is -2.24. The van der Waals surface area contributed by atoms with Crippen LogP contribution in [0.3, 0.4) is 0 Å². The molecule has 28 heavy (non-hydrogen) atoms. The molecule has 0 saturated carbocycles. The van der Waals surface area contributed by atoms with Crippen LogP contribution in [0.2, 0.25) is 0 Å². The number of benzene rings is 2. The Kier molecular flexibility index (Phi) is 6.81. The van der Waals surface area contributed by atoms with E-state index in [9.17, 15) is 14.7 Å². The molecule has 2 amide bonds. The first kappa shape index (κ1) is 19.6. The van der Waals surface area contributed by atoms with Crippen molar-refractivity contribution in [3.05, 3.63) is 71.8 Å². The molecule has 1 fully saturated rings. The van der Waals surface area contributed by atoms with E-state index < -0.39 is 6.09 Å². The molecule has 0 spiro atoms. The molecular formula is C22H24N2O4. The smallest absolute Gasteiger partial charge is 0.411 e. The van der Waals surface area contributed by atoms with Gasteiger partial charge in [-0.2, -0.15) is 0 Å². The summed E-state index contributed by atoms with van der Waals surface area (Å²) in [4.78, 5) is 26.6. The van der Waals surface area contributed by atoms with Gasteiger partial charge in [0.25, 0.3) is 5.91 Å². The molecule has 1 saturated heterocycles. The zero-order chi connectivity index (χ0) is 19.8. The molecule has 1 unspecified atom stereocenters. The molecule has 0 aliphatic carbocycles. The van der Waals surface area contributed by atoms with E-state index in [4.69, 9.17) is 4.74 Å². The third-order valence-electron chi connectivity index (χ3n) is 4.66. The quantitative estimate of drug-likeness (QED) is 0.803. The lowest BCUT2D eigenvalue weighted by atomic mass is 10.1. The van der Waals surface area contributed by atoms with E-state index in [1.807, 2.05) is 36.4 Å². The highest BCUT2D eigenvalue weighted by atomic mass is 16.5. The number of carbonyl (C=O) groups is 2. The van der Waals surface area contributed by atoms with Gasteiger partial charge in [-0.1, -0.05) is 48.5 Å². The lowest BCUT2D eigenvalue weighted by Crippen LogP contribution is -2.38. The van der Waals surface area contributed by atoms with Gasteiger partial charge in [-0.25, -0.2) is 4.79 Å². The Morgan fingerprint density at radius 3 is 2.68 bits per heavy atom. The van der Waals surface area contributed by atoms with E-state index in [1.54, 1.807) is 35.2 Å². The van der Waals surface area contributed by atoms with Gasteiger partial charge in [0, 0.05) is 6.54 Å². The van der Waals surface area contributed by atoms with Gasteiger partial charge < -0.3 is 14.7 Å². The lowest BCUT2D eigenvalue weighted by molar-refractivity contribution is 0.0678. The Labute approximate surface area is 164 Å². The minimum Gasteiger partial charge on any atom is -0.445 e. The molecule has 3 rings (SSSR count). The van der Waals surface area contributed by atoms with Gasteiger partial charge >= 0.3 is 6.09 Å². The number of hydrogen-bond donors (Lipinski definition) is 2. The molecule has 0 aromatic heterocycles. The number of anilines is 1. The van der Waals surface area contributed by atoms with Gasteiger partial charge in [-0.05, 0) is 36.6 Å². The third-order valence-corrected chi connectivity index (χ3v) is 4.66. The van der Waals surface area contributed by atoms with Crippen molar-refractivity contribution in [2.75, 3.05) is 25.1 Å². The van der Waals surface area contributed by atoms with Crippen molar-refractivity contribution in [1.29, 1.82) is 0 Å². The summed E-state index contributed by atoms with van der Waals surface area (Å²) in [6, 6.07) is 16.4. The summed E-state index contributed by atoms with van der Waals surface area (Å²) >= 11 is 0. The molecule has 1 heterocycles. The number of nitrogens with zero attached hydrogens (tertiary/aromatic N) is 1. The fourth-order valence-corrected chi connectivity index (χ4v) is 3.24. The van der Waals surface area contributed by atoms with Crippen molar-refractivity contribution in [3.8, 4) is 0 Å². The Bertz CT molecular complexity index is 835. The maximum Gasteiger partial charge on any atom is 0.411 e. The molecule has 2 N–H and O–H groups in total. The molecule has 0 bridgehead atoms. The Morgan fingerprint density at radius 2 is 1.89 bits per heavy atom. The van der Waals surface area contributed by atoms with Gasteiger partial charge in [0.1, 0.15) is 6.61 Å². The highest BCUT2D eigenvalue weighted by molar-refractivity contribution is 6.02. The molecule has 2 aromatic carbocycles. The minimum absolute atomic E-state index is 0.0584. The number of carbonyl (C=O) groups excluding carboxylic acids is 2. The predicted octanol–water partition coefficient (Wildman–Crippen LogP) is 3.55. The number of aliphatic hydroxyl groups excluding tert-OH is 1. The highest BCUT2D eigenvalue weighted by Crippen LogP contribution is 2.23. The summed E-state index contributed by atoms with van der Waals surface area (Å²) in [6.45, 7) is 0.666. The van der Waals surface area contributed by atoms with Crippen LogP contribution >= 0.6 is 0 Å². The minimum atomic E-state index is -0.627. The predicted molar refractivity (Wildman–Crippen MR) is 108 cm³/mol. The van der Waals surface area contributed by atoms with Crippen LogP contribution in [0.5, 0.6) is 0 Å². The fraction of sp³-hybridized carbons (Fsp3) is 0.273. The van der Waals surface area contributed by atoms with E-state index in [0.29, 0.717) is 17.8 Å². The van der Waals surface area contributed by atoms with E-state index in [0.717, 1.165) is 18.4 Å². The number of ether oxygens (including phenoxy) is 1. The highest BCUT2D eigenvalue weighted by Gasteiger charge is 2.30. The van der Waals surface area contributed by atoms with Gasteiger partial charge in [0.15, 0.2) is 0 Å². The molecule has 1 aliphatic rings. The molecular weight excluding hydrogens is 356 g/mol. The zero-order valence-corrected chi connectivity index (χ0v) is 15.6. The number of rotatable bonds is 6. The molecule has 1 atom stereocenters. The molecule has 146 valence electrons. The SMILES string of the molecule is O=C(Nc1ccccc1C(=O)N1CCCC1CO)OC/C=C/c1ccccc1.